The average molecular weight is 485 g/mol. The third-order valence-electron chi connectivity index (χ3n) is 4.60. The van der Waals surface area contributed by atoms with E-state index in [-0.39, 0.29) is 4.90 Å². The summed E-state index contributed by atoms with van der Waals surface area (Å²) in [7, 11) is -3.82. The smallest absolute Gasteiger partial charge is 0.267 e. The summed E-state index contributed by atoms with van der Waals surface area (Å²) in [6, 6.07) is 23.0. The summed E-state index contributed by atoms with van der Waals surface area (Å²) in [5.41, 5.74) is 3.28. The maximum Gasteiger partial charge on any atom is 0.276 e. The number of benzene rings is 3. The van der Waals surface area contributed by atoms with Crippen molar-refractivity contribution in [3.8, 4) is 11.3 Å². The van der Waals surface area contributed by atoms with Gasteiger partial charge in [-0.3, -0.25) is 4.68 Å². The highest BCUT2D eigenvalue weighted by Gasteiger charge is 2.14. The van der Waals surface area contributed by atoms with Crippen LogP contribution >= 0.6 is 23.2 Å². The third kappa shape index (κ3) is 5.37. The molecule has 4 rings (SSSR count). The summed E-state index contributed by atoms with van der Waals surface area (Å²) in [5, 5.41) is 9.76. The van der Waals surface area contributed by atoms with Crippen LogP contribution in [-0.4, -0.2) is 24.4 Å². The number of halogens is 2. The van der Waals surface area contributed by atoms with Crippen molar-refractivity contribution >= 4 is 39.4 Å². The van der Waals surface area contributed by atoms with Gasteiger partial charge in [-0.1, -0.05) is 65.7 Å². The Morgan fingerprint density at radius 1 is 0.906 bits per heavy atom. The molecule has 0 fully saturated rings. The number of hydrogen-bond donors (Lipinski definition) is 1. The van der Waals surface area contributed by atoms with Gasteiger partial charge in [0.25, 0.3) is 10.0 Å². The second-order valence-corrected chi connectivity index (χ2v) is 9.46. The zero-order valence-electron chi connectivity index (χ0n) is 16.7. The quantitative estimate of drug-likeness (QED) is 0.288. The van der Waals surface area contributed by atoms with Crippen LogP contribution in [0.15, 0.2) is 95.1 Å². The molecule has 0 saturated heterocycles. The average Bonchev–Trinajstić information content (AvgIpc) is 3.18. The van der Waals surface area contributed by atoms with Crippen molar-refractivity contribution in [2.75, 3.05) is 0 Å². The van der Waals surface area contributed by atoms with E-state index >= 15 is 0 Å². The summed E-state index contributed by atoms with van der Waals surface area (Å²) in [6.07, 6.45) is 3.26. The first-order chi connectivity index (χ1) is 15.4. The van der Waals surface area contributed by atoms with Gasteiger partial charge in [-0.25, -0.2) is 4.83 Å². The Morgan fingerprint density at radius 3 is 2.19 bits per heavy atom. The summed E-state index contributed by atoms with van der Waals surface area (Å²) in [4.78, 5) is 2.30. The molecule has 0 amide bonds. The molecule has 0 saturated carbocycles. The minimum Gasteiger partial charge on any atom is -0.267 e. The van der Waals surface area contributed by atoms with Crippen LogP contribution in [0.2, 0.25) is 10.0 Å². The van der Waals surface area contributed by atoms with Crippen LogP contribution in [0.5, 0.6) is 0 Å². The fourth-order valence-corrected chi connectivity index (χ4v) is 4.08. The van der Waals surface area contributed by atoms with Gasteiger partial charge < -0.3 is 0 Å². The molecule has 0 aliphatic rings. The number of nitrogens with one attached hydrogen (secondary N) is 1. The van der Waals surface area contributed by atoms with Crippen LogP contribution < -0.4 is 4.83 Å². The molecule has 162 valence electrons. The number of hydrazone groups is 1. The van der Waals surface area contributed by atoms with Gasteiger partial charge in [-0.15, -0.1) is 0 Å². The van der Waals surface area contributed by atoms with Gasteiger partial charge in [0.2, 0.25) is 0 Å². The monoisotopic (exact) mass is 484 g/mol. The van der Waals surface area contributed by atoms with Crippen molar-refractivity contribution in [2.45, 2.75) is 11.4 Å². The van der Waals surface area contributed by atoms with E-state index in [2.05, 4.69) is 15.0 Å². The van der Waals surface area contributed by atoms with Gasteiger partial charge in [-0.2, -0.15) is 18.6 Å². The second kappa shape index (κ2) is 9.56. The molecular weight excluding hydrogens is 467 g/mol. The van der Waals surface area contributed by atoms with Crippen molar-refractivity contribution in [1.82, 2.24) is 14.6 Å². The zero-order chi connectivity index (χ0) is 22.6. The molecule has 0 bridgehead atoms. The van der Waals surface area contributed by atoms with Gasteiger partial charge in [0.15, 0.2) is 0 Å². The number of aromatic nitrogens is 2. The van der Waals surface area contributed by atoms with Gasteiger partial charge >= 0.3 is 0 Å². The second-order valence-electron chi connectivity index (χ2n) is 6.93. The van der Waals surface area contributed by atoms with Crippen molar-refractivity contribution < 1.29 is 8.42 Å². The Hall–Kier alpha value is -3.13. The van der Waals surface area contributed by atoms with E-state index in [0.717, 1.165) is 11.1 Å². The van der Waals surface area contributed by atoms with E-state index in [4.69, 9.17) is 23.2 Å². The van der Waals surface area contributed by atoms with E-state index in [1.54, 1.807) is 4.68 Å². The molecule has 1 N–H and O–H groups in total. The molecule has 0 aliphatic heterocycles. The predicted octanol–water partition coefficient (Wildman–Crippen LogP) is 5.22. The highest BCUT2D eigenvalue weighted by molar-refractivity contribution is 7.89. The zero-order valence-corrected chi connectivity index (χ0v) is 19.0. The molecule has 0 aliphatic carbocycles. The third-order valence-corrected chi connectivity index (χ3v) is 6.34. The number of sulfonamides is 1. The lowest BCUT2D eigenvalue weighted by Crippen LogP contribution is -2.18. The highest BCUT2D eigenvalue weighted by atomic mass is 35.5. The van der Waals surface area contributed by atoms with Crippen LogP contribution in [0, 0.1) is 0 Å². The minimum absolute atomic E-state index is 0.0702. The first-order valence-electron chi connectivity index (χ1n) is 9.58. The Balaban J connectivity index is 1.60. The summed E-state index contributed by atoms with van der Waals surface area (Å²) >= 11 is 11.8. The lowest BCUT2D eigenvalue weighted by Gasteiger charge is -2.03. The van der Waals surface area contributed by atoms with Crippen molar-refractivity contribution in [3.05, 3.63) is 106 Å². The minimum atomic E-state index is -3.82. The van der Waals surface area contributed by atoms with E-state index < -0.39 is 10.0 Å². The number of nitrogens with zero attached hydrogens (tertiary/aromatic N) is 3. The van der Waals surface area contributed by atoms with E-state index in [1.807, 2.05) is 60.8 Å². The van der Waals surface area contributed by atoms with Gasteiger partial charge in [0.05, 0.1) is 17.7 Å². The summed E-state index contributed by atoms with van der Waals surface area (Å²) < 4.78 is 26.7. The molecule has 0 radical (unpaired) electrons. The molecule has 0 atom stereocenters. The molecule has 6 nitrogen and oxygen atoms in total. The van der Waals surface area contributed by atoms with Gasteiger partial charge in [-0.05, 0) is 42.0 Å². The maximum atomic E-state index is 12.5. The molecule has 3 aromatic carbocycles. The Labute approximate surface area is 196 Å². The fourth-order valence-electron chi connectivity index (χ4n) is 3.04. The van der Waals surface area contributed by atoms with Crippen LogP contribution in [0.4, 0.5) is 0 Å². The molecule has 0 unspecified atom stereocenters. The van der Waals surface area contributed by atoms with Crippen LogP contribution in [0.3, 0.4) is 0 Å². The first-order valence-corrected chi connectivity index (χ1v) is 11.8. The number of rotatable bonds is 7. The Bertz CT molecular complexity index is 1340. The largest absolute Gasteiger partial charge is 0.276 e. The van der Waals surface area contributed by atoms with Gasteiger partial charge in [0.1, 0.15) is 5.69 Å². The molecule has 4 aromatic rings. The Morgan fingerprint density at radius 2 is 1.53 bits per heavy atom. The molecular formula is C23H18Cl2N4O2S. The van der Waals surface area contributed by atoms with E-state index in [1.165, 1.54) is 30.5 Å². The highest BCUT2D eigenvalue weighted by Crippen LogP contribution is 2.21. The van der Waals surface area contributed by atoms with Crippen LogP contribution in [0.25, 0.3) is 11.3 Å². The van der Waals surface area contributed by atoms with Gasteiger partial charge in [0, 0.05) is 27.4 Å². The van der Waals surface area contributed by atoms with Crippen LogP contribution in [0.1, 0.15) is 11.1 Å². The lowest BCUT2D eigenvalue weighted by molar-refractivity contribution is 0.584. The lowest BCUT2D eigenvalue weighted by atomic mass is 10.1. The van der Waals surface area contributed by atoms with Crippen molar-refractivity contribution in [3.63, 3.8) is 0 Å². The van der Waals surface area contributed by atoms with E-state index in [0.29, 0.717) is 27.8 Å². The van der Waals surface area contributed by atoms with E-state index in [9.17, 15) is 8.42 Å². The molecule has 0 spiro atoms. The first kappa shape index (κ1) is 22.1. The fraction of sp³-hybridized carbons (Fsp3) is 0.0435. The maximum absolute atomic E-state index is 12.5. The summed E-state index contributed by atoms with van der Waals surface area (Å²) in [5.74, 6) is 0. The van der Waals surface area contributed by atoms with Crippen molar-refractivity contribution in [1.29, 1.82) is 0 Å². The molecule has 32 heavy (non-hydrogen) atoms. The normalized spacial score (nSPS) is 11.7. The number of hydrogen-bond acceptors (Lipinski definition) is 4. The summed E-state index contributed by atoms with van der Waals surface area (Å²) in [6.45, 7) is 0.529. The van der Waals surface area contributed by atoms with Crippen molar-refractivity contribution in [2.24, 2.45) is 5.10 Å². The topological polar surface area (TPSA) is 76.3 Å². The molecule has 9 heteroatoms. The van der Waals surface area contributed by atoms with Crippen LogP contribution in [-0.2, 0) is 16.6 Å². The predicted molar refractivity (Wildman–Crippen MR) is 128 cm³/mol. The molecule has 1 aromatic heterocycles. The Kier molecular flexibility index (Phi) is 6.60. The standard InChI is InChI=1S/C23H18Cl2N4O2S/c24-20-8-6-17(7-9-20)15-29-16-19(23(27-29)18-4-2-1-3-5-18)14-26-28-32(30,31)22-12-10-21(25)11-13-22/h1-14,16,28H,15H2/b26-14-. The SMILES string of the molecule is O=S(=O)(N/N=C\c1cn(Cc2ccc(Cl)cc2)nc1-c1ccccc1)c1ccc(Cl)cc1. The molecule has 1 heterocycles.